The van der Waals surface area contributed by atoms with Crippen molar-refractivity contribution in [3.63, 3.8) is 0 Å². The average Bonchev–Trinajstić information content (AvgIpc) is 2.96. The van der Waals surface area contributed by atoms with Gasteiger partial charge in [-0.3, -0.25) is 0 Å². The van der Waals surface area contributed by atoms with Crippen molar-refractivity contribution in [1.29, 1.82) is 0 Å². The molecule has 3 rings (SSSR count). The molecule has 0 amide bonds. The van der Waals surface area contributed by atoms with E-state index in [2.05, 4.69) is 33.8 Å². The number of allylic oxidation sites excluding steroid dienone is 1. The fourth-order valence-electron chi connectivity index (χ4n) is 5.53. The molecular weight excluding hydrogens is 316 g/mol. The van der Waals surface area contributed by atoms with Crippen LogP contribution in [0.25, 0.3) is 0 Å². The first kappa shape index (κ1) is 19.1. The monoisotopic (exact) mass is 350 g/mol. The molecule has 0 saturated heterocycles. The molecule has 0 aromatic carbocycles. The van der Waals surface area contributed by atoms with Gasteiger partial charge in [0, 0.05) is 13.0 Å². The standard InChI is InChI=1S/C21H34O4/c1-11(2)19-16-9-18(22)12(3)14-6-7-21(24,10-25-5)17(14)8-15(16)13(4)20(19)23/h8,11-15,18,20,22-24H,6-7,9-10H2,1-5H3/b17-8+/t12-,13+,14+,15?,18+,20?,21+/m1/s1. The lowest BCUT2D eigenvalue weighted by Gasteiger charge is -2.35. The second-order valence-corrected chi connectivity index (χ2v) is 8.83. The molecule has 0 heterocycles. The van der Waals surface area contributed by atoms with Gasteiger partial charge in [-0.2, -0.15) is 0 Å². The van der Waals surface area contributed by atoms with Crippen molar-refractivity contribution in [2.75, 3.05) is 13.7 Å². The van der Waals surface area contributed by atoms with Crippen molar-refractivity contribution < 1.29 is 20.1 Å². The van der Waals surface area contributed by atoms with E-state index >= 15 is 0 Å². The summed E-state index contributed by atoms with van der Waals surface area (Å²) in [5.74, 6) is 0.702. The van der Waals surface area contributed by atoms with Crippen LogP contribution in [0, 0.1) is 29.6 Å². The predicted molar refractivity (Wildman–Crippen MR) is 97.9 cm³/mol. The minimum absolute atomic E-state index is 0.0774. The minimum atomic E-state index is -0.943. The molecule has 1 saturated carbocycles. The number of aliphatic hydroxyl groups excluding tert-OH is 2. The highest BCUT2D eigenvalue weighted by atomic mass is 16.5. The third-order valence-electron chi connectivity index (χ3n) is 7.00. The lowest BCUT2D eigenvalue weighted by atomic mass is 9.74. The van der Waals surface area contributed by atoms with Crippen LogP contribution in [-0.2, 0) is 4.74 Å². The minimum Gasteiger partial charge on any atom is -0.392 e. The molecule has 0 aliphatic heterocycles. The third kappa shape index (κ3) is 3.01. The molecule has 4 nitrogen and oxygen atoms in total. The van der Waals surface area contributed by atoms with Gasteiger partial charge < -0.3 is 20.1 Å². The van der Waals surface area contributed by atoms with Crippen LogP contribution >= 0.6 is 0 Å². The van der Waals surface area contributed by atoms with Gasteiger partial charge in [-0.1, -0.05) is 39.3 Å². The Morgan fingerprint density at radius 3 is 2.52 bits per heavy atom. The Balaban J connectivity index is 2.13. The summed E-state index contributed by atoms with van der Waals surface area (Å²) in [6.45, 7) is 8.69. The molecular formula is C21H34O4. The SMILES string of the molecule is COC[C@@]1(O)CC[C@@H]2/C1=C\C1C(=C(C(C)C)C(O)[C@H]1C)C[C@H](O)[C@@H]2C. The molecule has 4 heteroatoms. The van der Waals surface area contributed by atoms with Gasteiger partial charge in [-0.15, -0.1) is 0 Å². The number of aliphatic hydroxyl groups is 3. The number of hydrogen-bond donors (Lipinski definition) is 3. The number of rotatable bonds is 3. The van der Waals surface area contributed by atoms with E-state index in [0.29, 0.717) is 12.8 Å². The van der Waals surface area contributed by atoms with Crippen LogP contribution in [0.1, 0.15) is 47.0 Å². The molecule has 1 fully saturated rings. The first-order valence-corrected chi connectivity index (χ1v) is 9.73. The highest BCUT2D eigenvalue weighted by molar-refractivity contribution is 5.39. The summed E-state index contributed by atoms with van der Waals surface area (Å²) in [6, 6.07) is 0. The highest BCUT2D eigenvalue weighted by Gasteiger charge is 2.49. The number of methoxy groups -OCH3 is 1. The Bertz CT molecular complexity index is 578. The van der Waals surface area contributed by atoms with Crippen molar-refractivity contribution in [2.24, 2.45) is 29.6 Å². The molecule has 0 aromatic rings. The van der Waals surface area contributed by atoms with Gasteiger partial charge in [0.05, 0.1) is 18.8 Å². The van der Waals surface area contributed by atoms with E-state index in [0.717, 1.165) is 17.6 Å². The van der Waals surface area contributed by atoms with Crippen LogP contribution in [-0.4, -0.2) is 46.8 Å². The molecule has 0 bridgehead atoms. The van der Waals surface area contributed by atoms with E-state index < -0.39 is 17.8 Å². The molecule has 7 atom stereocenters. The third-order valence-corrected chi connectivity index (χ3v) is 7.00. The largest absolute Gasteiger partial charge is 0.392 e. The van der Waals surface area contributed by atoms with Gasteiger partial charge in [-0.25, -0.2) is 0 Å². The van der Waals surface area contributed by atoms with Crippen molar-refractivity contribution in [3.8, 4) is 0 Å². The summed E-state index contributed by atoms with van der Waals surface area (Å²) < 4.78 is 5.32. The van der Waals surface area contributed by atoms with E-state index in [1.54, 1.807) is 7.11 Å². The van der Waals surface area contributed by atoms with Gasteiger partial charge in [0.1, 0.15) is 5.60 Å². The summed E-state index contributed by atoms with van der Waals surface area (Å²) in [7, 11) is 1.62. The number of hydrogen-bond acceptors (Lipinski definition) is 4. The lowest BCUT2D eigenvalue weighted by molar-refractivity contribution is -0.000863. The summed E-state index contributed by atoms with van der Waals surface area (Å²) in [4.78, 5) is 0. The maximum Gasteiger partial charge on any atom is 0.109 e. The molecule has 2 unspecified atom stereocenters. The molecule has 0 aromatic heterocycles. The summed E-state index contributed by atoms with van der Waals surface area (Å²) in [6.07, 6.45) is 3.49. The Labute approximate surface area is 151 Å². The molecule has 3 aliphatic carbocycles. The Hall–Kier alpha value is -0.680. The Morgan fingerprint density at radius 2 is 1.92 bits per heavy atom. The normalized spacial score (nSPS) is 46.5. The lowest BCUT2D eigenvalue weighted by Crippen LogP contribution is -2.37. The second kappa shape index (κ2) is 6.80. The summed E-state index contributed by atoms with van der Waals surface area (Å²) in [5, 5.41) is 32.9. The van der Waals surface area contributed by atoms with Crippen LogP contribution in [0.4, 0.5) is 0 Å². The van der Waals surface area contributed by atoms with E-state index in [4.69, 9.17) is 4.74 Å². The van der Waals surface area contributed by atoms with E-state index in [-0.39, 0.29) is 36.2 Å². The van der Waals surface area contributed by atoms with Crippen LogP contribution in [0.15, 0.2) is 22.8 Å². The summed E-state index contributed by atoms with van der Waals surface area (Å²) in [5.41, 5.74) is 2.35. The topological polar surface area (TPSA) is 69.9 Å². The van der Waals surface area contributed by atoms with Crippen molar-refractivity contribution >= 4 is 0 Å². The predicted octanol–water partition coefficient (Wildman–Crippen LogP) is 2.68. The molecule has 0 spiro atoms. The molecule has 3 aliphatic rings. The number of fused-ring (bicyclic) bond motifs is 2. The van der Waals surface area contributed by atoms with Gasteiger partial charge >= 0.3 is 0 Å². The van der Waals surface area contributed by atoms with Crippen molar-refractivity contribution in [1.82, 2.24) is 0 Å². The first-order chi connectivity index (χ1) is 11.7. The van der Waals surface area contributed by atoms with Crippen molar-refractivity contribution in [2.45, 2.75) is 64.8 Å². The van der Waals surface area contributed by atoms with Gasteiger partial charge in [0.15, 0.2) is 0 Å². The van der Waals surface area contributed by atoms with E-state index in [9.17, 15) is 15.3 Å². The quantitative estimate of drug-likeness (QED) is 0.685. The van der Waals surface area contributed by atoms with Crippen molar-refractivity contribution in [3.05, 3.63) is 22.8 Å². The van der Waals surface area contributed by atoms with Crippen LogP contribution in [0.2, 0.25) is 0 Å². The molecule has 3 N–H and O–H groups in total. The van der Waals surface area contributed by atoms with Crippen LogP contribution in [0.5, 0.6) is 0 Å². The Morgan fingerprint density at radius 1 is 1.24 bits per heavy atom. The number of ether oxygens (including phenoxy) is 1. The van der Waals surface area contributed by atoms with Crippen LogP contribution < -0.4 is 0 Å². The fourth-order valence-corrected chi connectivity index (χ4v) is 5.53. The van der Waals surface area contributed by atoms with Gasteiger partial charge in [0.2, 0.25) is 0 Å². The fraction of sp³-hybridized carbons (Fsp3) is 0.810. The highest BCUT2D eigenvalue weighted by Crippen LogP contribution is 2.52. The maximum absolute atomic E-state index is 11.2. The zero-order valence-corrected chi connectivity index (χ0v) is 16.2. The zero-order valence-electron chi connectivity index (χ0n) is 16.2. The van der Waals surface area contributed by atoms with Gasteiger partial charge in [-0.05, 0) is 54.1 Å². The summed E-state index contributed by atoms with van der Waals surface area (Å²) >= 11 is 0. The van der Waals surface area contributed by atoms with Gasteiger partial charge in [0.25, 0.3) is 0 Å². The molecule has 25 heavy (non-hydrogen) atoms. The van der Waals surface area contributed by atoms with Crippen LogP contribution in [0.3, 0.4) is 0 Å². The zero-order chi connectivity index (χ0) is 18.5. The van der Waals surface area contributed by atoms with E-state index in [1.807, 2.05) is 0 Å². The first-order valence-electron chi connectivity index (χ1n) is 9.73. The maximum atomic E-state index is 11.2. The average molecular weight is 350 g/mol. The second-order valence-electron chi connectivity index (χ2n) is 8.83. The smallest absolute Gasteiger partial charge is 0.109 e. The Kier molecular flexibility index (Phi) is 5.20. The van der Waals surface area contributed by atoms with E-state index in [1.165, 1.54) is 5.57 Å². The molecule has 0 radical (unpaired) electrons. The molecule has 142 valence electrons.